The third-order valence-corrected chi connectivity index (χ3v) is 3.72. The van der Waals surface area contributed by atoms with Gasteiger partial charge in [-0.15, -0.1) is 0 Å². The highest BCUT2D eigenvalue weighted by atomic mass is 16.3. The van der Waals surface area contributed by atoms with E-state index in [1.54, 1.807) is 6.26 Å². The molecule has 0 bridgehead atoms. The first-order valence-electron chi connectivity index (χ1n) is 7.90. The Hall–Kier alpha value is -2.33. The summed E-state index contributed by atoms with van der Waals surface area (Å²) < 4.78 is 5.45. The zero-order valence-electron chi connectivity index (χ0n) is 13.9. The second kappa shape index (κ2) is 6.42. The van der Waals surface area contributed by atoms with Crippen LogP contribution in [0.2, 0.25) is 0 Å². The van der Waals surface area contributed by atoms with Crippen molar-refractivity contribution >= 4 is 0 Å². The van der Waals surface area contributed by atoms with Crippen molar-refractivity contribution in [3.63, 3.8) is 0 Å². The van der Waals surface area contributed by atoms with Crippen LogP contribution in [-0.4, -0.2) is 9.97 Å². The van der Waals surface area contributed by atoms with E-state index in [1.807, 2.05) is 18.3 Å². The molecule has 4 nitrogen and oxygen atoms in total. The maximum Gasteiger partial charge on any atom is 0.133 e. The number of hydrogen-bond donors (Lipinski definition) is 2. The SMILES string of the molecule is CC(C)(C)c1ncc(CNCc2cccc(-c3ccco3)c2)[nH]1. The molecule has 0 aliphatic carbocycles. The number of H-pyrrole nitrogens is 1. The van der Waals surface area contributed by atoms with Gasteiger partial charge in [-0.05, 0) is 23.8 Å². The Morgan fingerprint density at radius 2 is 2.00 bits per heavy atom. The molecule has 0 amide bonds. The number of hydrogen-bond acceptors (Lipinski definition) is 3. The Morgan fingerprint density at radius 1 is 1.13 bits per heavy atom. The van der Waals surface area contributed by atoms with E-state index < -0.39 is 0 Å². The van der Waals surface area contributed by atoms with Crippen LogP contribution in [0.4, 0.5) is 0 Å². The quantitative estimate of drug-likeness (QED) is 0.740. The highest BCUT2D eigenvalue weighted by molar-refractivity contribution is 5.58. The number of imidazole rings is 1. The van der Waals surface area contributed by atoms with Gasteiger partial charge < -0.3 is 14.7 Å². The summed E-state index contributed by atoms with van der Waals surface area (Å²) in [5.74, 6) is 1.92. The molecule has 3 aromatic rings. The number of aromatic nitrogens is 2. The van der Waals surface area contributed by atoms with Crippen LogP contribution in [-0.2, 0) is 18.5 Å². The lowest BCUT2D eigenvalue weighted by Gasteiger charge is -2.14. The molecule has 0 aliphatic heterocycles. The highest BCUT2D eigenvalue weighted by Gasteiger charge is 2.17. The molecule has 0 saturated heterocycles. The predicted molar refractivity (Wildman–Crippen MR) is 92.0 cm³/mol. The van der Waals surface area contributed by atoms with Gasteiger partial charge in [0.1, 0.15) is 11.6 Å². The van der Waals surface area contributed by atoms with Crippen LogP contribution in [0, 0.1) is 0 Å². The lowest BCUT2D eigenvalue weighted by atomic mass is 9.96. The van der Waals surface area contributed by atoms with Crippen LogP contribution >= 0.6 is 0 Å². The van der Waals surface area contributed by atoms with E-state index in [0.29, 0.717) is 0 Å². The summed E-state index contributed by atoms with van der Waals surface area (Å²) in [5.41, 5.74) is 3.49. The minimum atomic E-state index is 0.0512. The van der Waals surface area contributed by atoms with Crippen LogP contribution in [0.15, 0.2) is 53.3 Å². The molecule has 3 rings (SSSR count). The van der Waals surface area contributed by atoms with Gasteiger partial charge in [0.05, 0.1) is 6.26 Å². The van der Waals surface area contributed by atoms with Crippen LogP contribution in [0.3, 0.4) is 0 Å². The number of nitrogens with one attached hydrogen (secondary N) is 2. The molecule has 0 fully saturated rings. The lowest BCUT2D eigenvalue weighted by molar-refractivity contribution is 0.549. The van der Waals surface area contributed by atoms with Gasteiger partial charge in [0, 0.05) is 36.0 Å². The topological polar surface area (TPSA) is 53.9 Å². The highest BCUT2D eigenvalue weighted by Crippen LogP contribution is 2.21. The van der Waals surface area contributed by atoms with Gasteiger partial charge in [-0.25, -0.2) is 4.98 Å². The minimum Gasteiger partial charge on any atom is -0.464 e. The predicted octanol–water partition coefficient (Wildman–Crippen LogP) is 4.26. The summed E-state index contributed by atoms with van der Waals surface area (Å²) in [6.07, 6.45) is 3.61. The Morgan fingerprint density at radius 3 is 2.70 bits per heavy atom. The lowest BCUT2D eigenvalue weighted by Crippen LogP contribution is -2.15. The van der Waals surface area contributed by atoms with Gasteiger partial charge >= 0.3 is 0 Å². The minimum absolute atomic E-state index is 0.0512. The van der Waals surface area contributed by atoms with Crippen molar-refractivity contribution < 1.29 is 4.42 Å². The molecular weight excluding hydrogens is 286 g/mol. The number of aromatic amines is 1. The van der Waals surface area contributed by atoms with Crippen LogP contribution < -0.4 is 5.32 Å². The maximum atomic E-state index is 5.45. The zero-order chi connectivity index (χ0) is 16.3. The summed E-state index contributed by atoms with van der Waals surface area (Å²) in [6.45, 7) is 8.04. The van der Waals surface area contributed by atoms with Gasteiger partial charge in [-0.1, -0.05) is 39.0 Å². The molecule has 23 heavy (non-hydrogen) atoms. The summed E-state index contributed by atoms with van der Waals surface area (Å²) in [4.78, 5) is 7.84. The largest absolute Gasteiger partial charge is 0.464 e. The normalized spacial score (nSPS) is 11.8. The van der Waals surface area contributed by atoms with Gasteiger partial charge in [-0.3, -0.25) is 0 Å². The van der Waals surface area contributed by atoms with E-state index >= 15 is 0 Å². The third kappa shape index (κ3) is 3.90. The van der Waals surface area contributed by atoms with E-state index in [-0.39, 0.29) is 5.41 Å². The number of furan rings is 1. The summed E-state index contributed by atoms with van der Waals surface area (Å²) in [5, 5.41) is 3.45. The molecule has 0 unspecified atom stereocenters. The average molecular weight is 309 g/mol. The molecule has 2 N–H and O–H groups in total. The maximum absolute atomic E-state index is 5.45. The van der Waals surface area contributed by atoms with Gasteiger partial charge in [-0.2, -0.15) is 0 Å². The number of rotatable bonds is 5. The standard InChI is InChI=1S/C19H23N3O/c1-19(2,3)18-21-13-16(22-18)12-20-11-14-6-4-7-15(10-14)17-8-5-9-23-17/h4-10,13,20H,11-12H2,1-3H3,(H,21,22). The molecule has 1 aromatic carbocycles. The summed E-state index contributed by atoms with van der Waals surface area (Å²) in [6, 6.07) is 12.3. The molecule has 0 spiro atoms. The van der Waals surface area contributed by atoms with Crippen LogP contribution in [0.5, 0.6) is 0 Å². The first kappa shape index (κ1) is 15.6. The monoisotopic (exact) mass is 309 g/mol. The van der Waals surface area contributed by atoms with E-state index in [2.05, 4.69) is 60.3 Å². The van der Waals surface area contributed by atoms with E-state index in [0.717, 1.165) is 35.9 Å². The first-order valence-corrected chi connectivity index (χ1v) is 7.90. The fraction of sp³-hybridized carbons (Fsp3) is 0.316. The van der Waals surface area contributed by atoms with Crippen molar-refractivity contribution in [1.29, 1.82) is 0 Å². The zero-order valence-corrected chi connectivity index (χ0v) is 13.9. The fourth-order valence-corrected chi connectivity index (χ4v) is 2.45. The van der Waals surface area contributed by atoms with Gasteiger partial charge in [0.15, 0.2) is 0 Å². The van der Waals surface area contributed by atoms with Crippen molar-refractivity contribution in [3.8, 4) is 11.3 Å². The second-order valence-corrected chi connectivity index (χ2v) is 6.79. The molecular formula is C19H23N3O. The van der Waals surface area contributed by atoms with Crippen molar-refractivity contribution in [2.24, 2.45) is 0 Å². The molecule has 120 valence electrons. The average Bonchev–Trinajstić information content (AvgIpc) is 3.19. The van der Waals surface area contributed by atoms with Crippen molar-refractivity contribution in [2.45, 2.75) is 39.3 Å². The molecule has 0 aliphatic rings. The molecule has 0 radical (unpaired) electrons. The molecule has 4 heteroatoms. The Kier molecular flexibility index (Phi) is 4.35. The van der Waals surface area contributed by atoms with Crippen LogP contribution in [0.1, 0.15) is 37.9 Å². The van der Waals surface area contributed by atoms with Crippen LogP contribution in [0.25, 0.3) is 11.3 Å². The van der Waals surface area contributed by atoms with E-state index in [1.165, 1.54) is 5.56 Å². The Bertz CT molecular complexity index is 751. The van der Waals surface area contributed by atoms with Crippen molar-refractivity contribution in [2.75, 3.05) is 0 Å². The molecule has 2 aromatic heterocycles. The molecule has 0 atom stereocenters. The Labute approximate surface area is 137 Å². The fourth-order valence-electron chi connectivity index (χ4n) is 2.45. The van der Waals surface area contributed by atoms with E-state index in [4.69, 9.17) is 4.42 Å². The summed E-state index contributed by atoms with van der Waals surface area (Å²) >= 11 is 0. The first-order chi connectivity index (χ1) is 11.0. The number of nitrogens with zero attached hydrogens (tertiary/aromatic N) is 1. The van der Waals surface area contributed by atoms with E-state index in [9.17, 15) is 0 Å². The van der Waals surface area contributed by atoms with Crippen molar-refractivity contribution in [3.05, 3.63) is 65.9 Å². The second-order valence-electron chi connectivity index (χ2n) is 6.79. The molecule has 2 heterocycles. The van der Waals surface area contributed by atoms with Gasteiger partial charge in [0.2, 0.25) is 0 Å². The molecule has 0 saturated carbocycles. The van der Waals surface area contributed by atoms with Crippen molar-refractivity contribution in [1.82, 2.24) is 15.3 Å². The summed E-state index contributed by atoms with van der Waals surface area (Å²) in [7, 11) is 0. The third-order valence-electron chi connectivity index (χ3n) is 3.72. The van der Waals surface area contributed by atoms with Gasteiger partial charge in [0.25, 0.3) is 0 Å². The Balaban J connectivity index is 1.59. The smallest absolute Gasteiger partial charge is 0.133 e. The number of benzene rings is 1.